The fourth-order valence-electron chi connectivity index (χ4n) is 4.97. The first-order chi connectivity index (χ1) is 16.8. The van der Waals surface area contributed by atoms with Crippen LogP contribution in [0.5, 0.6) is 0 Å². The number of piperidine rings is 1. The Morgan fingerprint density at radius 2 is 1.77 bits per heavy atom. The molecular formula is C27H34ClN2O5+. The molecule has 1 N–H and O–H groups in total. The number of hydrogen-bond acceptors (Lipinski definition) is 5. The van der Waals surface area contributed by atoms with Gasteiger partial charge in [0.25, 0.3) is 5.91 Å². The van der Waals surface area contributed by atoms with Gasteiger partial charge in [0.2, 0.25) is 0 Å². The Morgan fingerprint density at radius 3 is 2.40 bits per heavy atom. The number of nitrogens with zero attached hydrogens (tertiary/aromatic N) is 1. The van der Waals surface area contributed by atoms with E-state index in [4.69, 9.17) is 21.1 Å². The van der Waals surface area contributed by atoms with Crippen molar-refractivity contribution in [2.24, 2.45) is 0 Å². The second-order valence-electron chi connectivity index (χ2n) is 9.08. The van der Waals surface area contributed by atoms with E-state index in [0.717, 1.165) is 37.9 Å². The molecule has 1 unspecified atom stereocenters. The zero-order valence-corrected chi connectivity index (χ0v) is 21.4. The van der Waals surface area contributed by atoms with Gasteiger partial charge in [-0.25, -0.2) is 9.59 Å². The van der Waals surface area contributed by atoms with Gasteiger partial charge in [0.1, 0.15) is 6.61 Å². The molecule has 1 atom stereocenters. The maximum Gasteiger partial charge on any atom is 0.362 e. The highest BCUT2D eigenvalue weighted by Crippen LogP contribution is 2.30. The van der Waals surface area contributed by atoms with E-state index in [1.54, 1.807) is 13.0 Å². The van der Waals surface area contributed by atoms with E-state index >= 15 is 0 Å². The van der Waals surface area contributed by atoms with Gasteiger partial charge in [0.15, 0.2) is 12.6 Å². The minimum Gasteiger partial charge on any atom is -0.465 e. The maximum absolute atomic E-state index is 13.6. The third-order valence-corrected chi connectivity index (χ3v) is 6.92. The van der Waals surface area contributed by atoms with Gasteiger partial charge < -0.3 is 19.3 Å². The third kappa shape index (κ3) is 6.61. The minimum atomic E-state index is -0.578. The number of ether oxygens (including phenoxy) is 2. The Bertz CT molecular complexity index is 1050. The van der Waals surface area contributed by atoms with E-state index in [1.807, 2.05) is 37.3 Å². The number of nitrogens with one attached hydrogen (secondary N) is 1. The van der Waals surface area contributed by atoms with Crippen LogP contribution in [0.25, 0.3) is 0 Å². The van der Waals surface area contributed by atoms with Crippen molar-refractivity contribution >= 4 is 35.1 Å². The Kier molecular flexibility index (Phi) is 9.29. The summed E-state index contributed by atoms with van der Waals surface area (Å²) in [5.74, 6) is -1.13. The molecule has 35 heavy (non-hydrogen) atoms. The SMILES string of the molecule is CCC(C(=O)Nc1c(C)cc(Cl)cc1C(=O)OC)[N+]1(CC(=O)OCc2ccccc2)CCCCC1. The van der Waals surface area contributed by atoms with Crippen LogP contribution in [-0.2, 0) is 25.7 Å². The number of methoxy groups -OCH3 is 1. The molecule has 1 heterocycles. The Balaban J connectivity index is 1.82. The molecule has 2 aromatic carbocycles. The predicted octanol–water partition coefficient (Wildman–Crippen LogP) is 4.90. The zero-order valence-electron chi connectivity index (χ0n) is 20.6. The molecule has 2 aromatic rings. The lowest BCUT2D eigenvalue weighted by molar-refractivity contribution is -0.940. The van der Waals surface area contributed by atoms with Crippen molar-refractivity contribution in [1.82, 2.24) is 0 Å². The van der Waals surface area contributed by atoms with Crippen LogP contribution in [0.2, 0.25) is 5.02 Å². The molecule has 1 fully saturated rings. The van der Waals surface area contributed by atoms with Crippen LogP contribution < -0.4 is 5.32 Å². The summed E-state index contributed by atoms with van der Waals surface area (Å²) in [6, 6.07) is 12.3. The molecule has 8 heteroatoms. The Morgan fingerprint density at radius 1 is 1.09 bits per heavy atom. The summed E-state index contributed by atoms with van der Waals surface area (Å²) in [5.41, 5.74) is 2.16. The maximum atomic E-state index is 13.6. The van der Waals surface area contributed by atoms with Crippen LogP contribution in [0.1, 0.15) is 54.1 Å². The summed E-state index contributed by atoms with van der Waals surface area (Å²) in [4.78, 5) is 38.9. The van der Waals surface area contributed by atoms with Crippen LogP contribution in [0.15, 0.2) is 42.5 Å². The standard InChI is InChI=1S/C27H33ClN2O5/c1-4-23(26(32)29-25-19(2)15-21(28)16-22(25)27(33)34-3)30(13-9-6-10-14-30)17-24(31)35-18-20-11-7-5-8-12-20/h5,7-8,11-12,15-16,23H,4,6,9-10,13-14,17-18H2,1-3H3/p+1. The summed E-state index contributed by atoms with van der Waals surface area (Å²) in [5, 5.41) is 3.34. The van der Waals surface area contributed by atoms with E-state index < -0.39 is 12.0 Å². The minimum absolute atomic E-state index is 0.127. The van der Waals surface area contributed by atoms with E-state index in [2.05, 4.69) is 5.32 Å². The largest absolute Gasteiger partial charge is 0.465 e. The Labute approximate surface area is 211 Å². The quantitative estimate of drug-likeness (QED) is 0.390. The van der Waals surface area contributed by atoms with Gasteiger partial charge in [0, 0.05) is 11.4 Å². The first-order valence-corrected chi connectivity index (χ1v) is 12.4. The number of esters is 2. The number of aryl methyl sites for hydroxylation is 1. The summed E-state index contributed by atoms with van der Waals surface area (Å²) >= 11 is 6.15. The first-order valence-electron chi connectivity index (χ1n) is 12.0. The summed E-state index contributed by atoms with van der Waals surface area (Å²) in [6.07, 6.45) is 3.48. The number of carbonyl (C=O) groups excluding carboxylic acids is 3. The molecule has 1 aliphatic rings. The zero-order chi connectivity index (χ0) is 25.4. The first kappa shape index (κ1) is 26.7. The van der Waals surface area contributed by atoms with Crippen molar-refractivity contribution in [2.75, 3.05) is 32.1 Å². The molecule has 0 aliphatic carbocycles. The molecule has 0 spiro atoms. The average Bonchev–Trinajstić information content (AvgIpc) is 2.85. The van der Waals surface area contributed by atoms with E-state index in [9.17, 15) is 14.4 Å². The van der Waals surface area contributed by atoms with Crippen LogP contribution in [0.3, 0.4) is 0 Å². The topological polar surface area (TPSA) is 81.7 Å². The molecule has 3 rings (SSSR count). The van der Waals surface area contributed by atoms with Gasteiger partial charge in [-0.3, -0.25) is 4.79 Å². The van der Waals surface area contributed by atoms with Crippen molar-refractivity contribution in [2.45, 2.75) is 52.2 Å². The van der Waals surface area contributed by atoms with E-state index in [1.165, 1.54) is 13.2 Å². The molecule has 7 nitrogen and oxygen atoms in total. The molecule has 1 amide bonds. The van der Waals surface area contributed by atoms with Crippen molar-refractivity contribution < 1.29 is 28.3 Å². The number of hydrogen-bond donors (Lipinski definition) is 1. The van der Waals surface area contributed by atoms with Crippen molar-refractivity contribution in [3.63, 3.8) is 0 Å². The van der Waals surface area contributed by atoms with E-state index in [0.29, 0.717) is 27.2 Å². The monoisotopic (exact) mass is 501 g/mol. The lowest BCUT2D eigenvalue weighted by Crippen LogP contribution is -2.63. The van der Waals surface area contributed by atoms with Gasteiger partial charge in [-0.15, -0.1) is 0 Å². The number of amides is 1. The van der Waals surface area contributed by atoms with E-state index in [-0.39, 0.29) is 30.6 Å². The molecule has 0 saturated carbocycles. The Hall–Kier alpha value is -2.90. The number of rotatable bonds is 9. The third-order valence-electron chi connectivity index (χ3n) is 6.70. The van der Waals surface area contributed by atoms with Crippen molar-refractivity contribution in [3.8, 4) is 0 Å². The number of quaternary nitrogens is 1. The molecular weight excluding hydrogens is 468 g/mol. The van der Waals surface area contributed by atoms with Gasteiger partial charge in [-0.05, 0) is 49.4 Å². The highest BCUT2D eigenvalue weighted by Gasteiger charge is 2.44. The number of benzene rings is 2. The van der Waals surface area contributed by atoms with Crippen molar-refractivity contribution in [1.29, 1.82) is 0 Å². The van der Waals surface area contributed by atoms with Gasteiger partial charge in [-0.2, -0.15) is 0 Å². The molecule has 1 aliphatic heterocycles. The second-order valence-corrected chi connectivity index (χ2v) is 9.52. The van der Waals surface area contributed by atoms with Gasteiger partial charge in [-0.1, -0.05) is 48.9 Å². The molecule has 1 saturated heterocycles. The number of halogens is 1. The summed E-state index contributed by atoms with van der Waals surface area (Å²) in [6.45, 7) is 5.49. The fraction of sp³-hybridized carbons (Fsp3) is 0.444. The number of carbonyl (C=O) groups is 3. The lowest BCUT2D eigenvalue weighted by Gasteiger charge is -2.45. The highest BCUT2D eigenvalue weighted by molar-refractivity contribution is 6.31. The molecule has 0 radical (unpaired) electrons. The van der Waals surface area contributed by atoms with Crippen LogP contribution in [-0.4, -0.2) is 55.1 Å². The fourth-order valence-corrected chi connectivity index (χ4v) is 5.24. The van der Waals surface area contributed by atoms with Crippen LogP contribution in [0, 0.1) is 6.92 Å². The summed E-state index contributed by atoms with van der Waals surface area (Å²) < 4.78 is 10.8. The molecule has 188 valence electrons. The summed E-state index contributed by atoms with van der Waals surface area (Å²) in [7, 11) is 1.29. The lowest BCUT2D eigenvalue weighted by atomic mass is 9.99. The van der Waals surface area contributed by atoms with Crippen molar-refractivity contribution in [3.05, 3.63) is 64.2 Å². The molecule has 0 bridgehead atoms. The predicted molar refractivity (Wildman–Crippen MR) is 135 cm³/mol. The molecule has 0 aromatic heterocycles. The smallest absolute Gasteiger partial charge is 0.362 e. The number of likely N-dealkylation sites (tertiary alicyclic amines) is 1. The highest BCUT2D eigenvalue weighted by atomic mass is 35.5. The normalized spacial score (nSPS) is 15.7. The van der Waals surface area contributed by atoms with Crippen LogP contribution in [0.4, 0.5) is 5.69 Å². The van der Waals surface area contributed by atoms with Gasteiger partial charge in [0.05, 0.1) is 31.5 Å². The average molecular weight is 502 g/mol. The number of anilines is 1. The second kappa shape index (κ2) is 12.2. The van der Waals surface area contributed by atoms with Crippen LogP contribution >= 0.6 is 11.6 Å². The van der Waals surface area contributed by atoms with Gasteiger partial charge >= 0.3 is 11.9 Å².